The molecule has 6 nitrogen and oxygen atoms in total. The van der Waals surface area contributed by atoms with Crippen molar-refractivity contribution in [2.75, 3.05) is 41.3 Å². The topological polar surface area (TPSA) is 69.6 Å². The largest absolute Gasteiger partial charge is 0.481 e. The molecule has 0 unspecified atom stereocenters. The van der Waals surface area contributed by atoms with Crippen molar-refractivity contribution in [3.8, 4) is 0 Å². The molecule has 1 aliphatic heterocycles. The van der Waals surface area contributed by atoms with Gasteiger partial charge in [0.05, 0.1) is 33.6 Å². The number of carboxylic acids is 1. The van der Waals surface area contributed by atoms with E-state index in [4.69, 9.17) is 5.11 Å². The Hall–Kier alpha value is -1.14. The number of amides is 1. The lowest BCUT2D eigenvalue weighted by Gasteiger charge is -2.33. The second kappa shape index (κ2) is 8.87. The molecule has 0 spiro atoms. The normalized spacial score (nSPS) is 17.3. The third kappa shape index (κ3) is 11.7. The second-order valence-electron chi connectivity index (χ2n) is 5.77. The number of likely N-dealkylation sites (tertiary alicyclic amines) is 1. The number of rotatable bonds is 4. The van der Waals surface area contributed by atoms with E-state index >= 15 is 0 Å². The van der Waals surface area contributed by atoms with E-state index in [2.05, 4.69) is 19.5 Å². The SMILES string of the molecule is CN(C)NC(=O)CCC(=O)O.C[N+]1(C)CCCCC1. The molecule has 1 amide bonds. The number of nitrogens with one attached hydrogen (secondary N) is 1. The van der Waals surface area contributed by atoms with Crippen molar-refractivity contribution in [3.63, 3.8) is 0 Å². The van der Waals surface area contributed by atoms with E-state index in [0.29, 0.717) is 0 Å². The van der Waals surface area contributed by atoms with Crippen LogP contribution in [-0.2, 0) is 9.59 Å². The molecular formula is C13H28N3O3+. The lowest BCUT2D eigenvalue weighted by atomic mass is 10.1. The summed E-state index contributed by atoms with van der Waals surface area (Å²) in [5, 5.41) is 9.68. The molecule has 1 saturated heterocycles. The van der Waals surface area contributed by atoms with Gasteiger partial charge in [0.1, 0.15) is 0 Å². The number of hydrogen-bond acceptors (Lipinski definition) is 3. The predicted molar refractivity (Wildman–Crippen MR) is 74.4 cm³/mol. The molecule has 0 aromatic carbocycles. The van der Waals surface area contributed by atoms with Gasteiger partial charge < -0.3 is 9.59 Å². The van der Waals surface area contributed by atoms with Crippen LogP contribution in [0.4, 0.5) is 0 Å². The Morgan fingerprint density at radius 3 is 1.95 bits per heavy atom. The number of carboxylic acid groups (broad SMARTS) is 1. The van der Waals surface area contributed by atoms with Crippen molar-refractivity contribution < 1.29 is 19.2 Å². The van der Waals surface area contributed by atoms with Gasteiger partial charge in [-0.2, -0.15) is 0 Å². The Morgan fingerprint density at radius 2 is 1.63 bits per heavy atom. The van der Waals surface area contributed by atoms with Gasteiger partial charge in [0.15, 0.2) is 0 Å². The highest BCUT2D eigenvalue weighted by molar-refractivity contribution is 5.80. The number of carbonyl (C=O) groups excluding carboxylic acids is 1. The molecule has 0 aliphatic carbocycles. The van der Waals surface area contributed by atoms with E-state index in [9.17, 15) is 9.59 Å². The molecule has 112 valence electrons. The summed E-state index contributed by atoms with van der Waals surface area (Å²) in [6.45, 7) is 2.78. The fourth-order valence-corrected chi connectivity index (χ4v) is 1.89. The number of carbonyl (C=O) groups is 2. The lowest BCUT2D eigenvalue weighted by molar-refractivity contribution is -0.894. The number of aliphatic carboxylic acids is 1. The van der Waals surface area contributed by atoms with Gasteiger partial charge in [-0.1, -0.05) is 0 Å². The zero-order valence-electron chi connectivity index (χ0n) is 12.6. The van der Waals surface area contributed by atoms with Crippen molar-refractivity contribution >= 4 is 11.9 Å². The third-order valence-electron chi connectivity index (χ3n) is 2.94. The lowest BCUT2D eigenvalue weighted by Crippen LogP contribution is -2.43. The Kier molecular flexibility index (Phi) is 8.34. The molecule has 2 N–H and O–H groups in total. The molecule has 1 rings (SSSR count). The number of piperidine rings is 1. The molecular weight excluding hydrogens is 246 g/mol. The molecule has 6 heteroatoms. The van der Waals surface area contributed by atoms with Crippen LogP contribution < -0.4 is 5.43 Å². The maximum absolute atomic E-state index is 10.7. The first kappa shape index (κ1) is 17.9. The molecule has 0 radical (unpaired) electrons. The summed E-state index contributed by atoms with van der Waals surface area (Å²) >= 11 is 0. The highest BCUT2D eigenvalue weighted by Gasteiger charge is 2.17. The average Bonchev–Trinajstić information content (AvgIpc) is 2.26. The highest BCUT2D eigenvalue weighted by atomic mass is 16.4. The Bertz CT molecular complexity index is 283. The van der Waals surface area contributed by atoms with Crippen LogP contribution in [0.25, 0.3) is 0 Å². The van der Waals surface area contributed by atoms with E-state index in [1.165, 1.54) is 41.8 Å². The molecule has 19 heavy (non-hydrogen) atoms. The number of hydrogen-bond donors (Lipinski definition) is 2. The van der Waals surface area contributed by atoms with Crippen LogP contribution in [0.3, 0.4) is 0 Å². The van der Waals surface area contributed by atoms with Crippen LogP contribution in [0.2, 0.25) is 0 Å². The van der Waals surface area contributed by atoms with Gasteiger partial charge in [0.2, 0.25) is 5.91 Å². The van der Waals surface area contributed by atoms with Crippen molar-refractivity contribution in [1.82, 2.24) is 10.4 Å². The van der Waals surface area contributed by atoms with Crippen LogP contribution in [0.5, 0.6) is 0 Å². The van der Waals surface area contributed by atoms with Crippen molar-refractivity contribution in [1.29, 1.82) is 0 Å². The summed E-state index contributed by atoms with van der Waals surface area (Å²) in [6, 6.07) is 0. The fraction of sp³-hybridized carbons (Fsp3) is 0.846. The molecule has 1 fully saturated rings. The van der Waals surface area contributed by atoms with E-state index in [-0.39, 0.29) is 18.7 Å². The monoisotopic (exact) mass is 274 g/mol. The zero-order chi connectivity index (χ0) is 14.9. The Morgan fingerprint density at radius 1 is 1.11 bits per heavy atom. The predicted octanol–water partition coefficient (Wildman–Crippen LogP) is 0.691. The Balaban J connectivity index is 0.000000356. The average molecular weight is 274 g/mol. The van der Waals surface area contributed by atoms with Crippen molar-refractivity contribution in [3.05, 3.63) is 0 Å². The standard InChI is InChI=1S/C7H16N.C6H12N2O3/c1-8(2)6-4-3-5-7-8;1-8(2)7-5(9)3-4-6(10)11/h3-7H2,1-2H3;3-4H2,1-2H3,(H,7,9)(H,10,11)/q+1;. The minimum absolute atomic E-state index is 0.0213. The first-order chi connectivity index (χ1) is 8.73. The van der Waals surface area contributed by atoms with Crippen molar-refractivity contribution in [2.24, 2.45) is 0 Å². The van der Waals surface area contributed by atoms with Crippen LogP contribution >= 0.6 is 0 Å². The van der Waals surface area contributed by atoms with E-state index < -0.39 is 5.97 Å². The molecule has 0 saturated carbocycles. The maximum Gasteiger partial charge on any atom is 0.303 e. The maximum atomic E-state index is 10.7. The summed E-state index contributed by atoms with van der Waals surface area (Å²) in [5.74, 6) is -1.24. The van der Waals surface area contributed by atoms with Gasteiger partial charge in [-0.05, 0) is 19.3 Å². The first-order valence-corrected chi connectivity index (χ1v) is 6.73. The van der Waals surface area contributed by atoms with Gasteiger partial charge in [0, 0.05) is 20.5 Å². The number of quaternary nitrogens is 1. The minimum Gasteiger partial charge on any atom is -0.481 e. The van der Waals surface area contributed by atoms with Gasteiger partial charge in [-0.15, -0.1) is 0 Å². The van der Waals surface area contributed by atoms with E-state index in [0.717, 1.165) is 0 Å². The van der Waals surface area contributed by atoms with Crippen LogP contribution in [-0.4, -0.2) is 67.8 Å². The summed E-state index contributed by atoms with van der Waals surface area (Å²) < 4.78 is 1.25. The smallest absolute Gasteiger partial charge is 0.303 e. The summed E-state index contributed by atoms with van der Waals surface area (Å²) in [5.41, 5.74) is 2.43. The molecule has 0 bridgehead atoms. The second-order valence-corrected chi connectivity index (χ2v) is 5.77. The van der Waals surface area contributed by atoms with Crippen LogP contribution in [0.15, 0.2) is 0 Å². The summed E-state index contributed by atoms with van der Waals surface area (Å²) in [4.78, 5) is 20.7. The number of hydrazine groups is 1. The molecule has 0 atom stereocenters. The summed E-state index contributed by atoms with van der Waals surface area (Å²) in [7, 11) is 7.97. The molecule has 1 heterocycles. The fourth-order valence-electron chi connectivity index (χ4n) is 1.89. The van der Waals surface area contributed by atoms with E-state index in [1.54, 1.807) is 14.1 Å². The minimum atomic E-state index is -0.959. The van der Waals surface area contributed by atoms with E-state index in [1.807, 2.05) is 0 Å². The highest BCUT2D eigenvalue weighted by Crippen LogP contribution is 2.12. The zero-order valence-corrected chi connectivity index (χ0v) is 12.6. The van der Waals surface area contributed by atoms with Gasteiger partial charge >= 0.3 is 5.97 Å². The summed E-state index contributed by atoms with van der Waals surface area (Å²) in [6.07, 6.45) is 4.23. The van der Waals surface area contributed by atoms with Gasteiger partial charge in [-0.25, -0.2) is 5.01 Å². The van der Waals surface area contributed by atoms with Crippen molar-refractivity contribution in [2.45, 2.75) is 32.1 Å². The van der Waals surface area contributed by atoms with Gasteiger partial charge in [0.25, 0.3) is 0 Å². The van der Waals surface area contributed by atoms with Crippen LogP contribution in [0, 0.1) is 0 Å². The quantitative estimate of drug-likeness (QED) is 0.584. The molecule has 0 aromatic heterocycles. The van der Waals surface area contributed by atoms with Crippen LogP contribution in [0.1, 0.15) is 32.1 Å². The molecule has 0 aromatic rings. The first-order valence-electron chi connectivity index (χ1n) is 6.73. The number of nitrogens with zero attached hydrogens (tertiary/aromatic N) is 2. The third-order valence-corrected chi connectivity index (χ3v) is 2.94. The van der Waals surface area contributed by atoms with Gasteiger partial charge in [-0.3, -0.25) is 15.0 Å². The molecule has 1 aliphatic rings. The Labute approximate surface area is 115 Å².